The summed E-state index contributed by atoms with van der Waals surface area (Å²) in [6.45, 7) is 1.51. The molecule has 1 rings (SSSR count). The lowest BCUT2D eigenvalue weighted by atomic mass is 9.98. The van der Waals surface area contributed by atoms with E-state index >= 15 is 0 Å². The van der Waals surface area contributed by atoms with Crippen LogP contribution in [0.4, 0.5) is 17.6 Å². The van der Waals surface area contributed by atoms with E-state index in [1.165, 1.54) is 19.1 Å². The van der Waals surface area contributed by atoms with Crippen molar-refractivity contribution in [2.75, 3.05) is 0 Å². The Labute approximate surface area is 91.3 Å². The van der Waals surface area contributed by atoms with Gasteiger partial charge >= 0.3 is 6.18 Å². The van der Waals surface area contributed by atoms with Crippen molar-refractivity contribution >= 4 is 0 Å². The van der Waals surface area contributed by atoms with Crippen LogP contribution >= 0.6 is 0 Å². The molecule has 1 atom stereocenters. The molecular formula is C11H13F4N. The quantitative estimate of drug-likeness (QED) is 0.797. The summed E-state index contributed by atoms with van der Waals surface area (Å²) >= 11 is 0. The zero-order valence-electron chi connectivity index (χ0n) is 8.81. The highest BCUT2D eigenvalue weighted by atomic mass is 19.4. The van der Waals surface area contributed by atoms with Gasteiger partial charge in [0.2, 0.25) is 0 Å². The molecule has 0 saturated heterocycles. The Morgan fingerprint density at radius 2 is 1.94 bits per heavy atom. The molecule has 0 unspecified atom stereocenters. The van der Waals surface area contributed by atoms with Gasteiger partial charge in [0.1, 0.15) is 5.82 Å². The molecule has 0 radical (unpaired) electrons. The van der Waals surface area contributed by atoms with Gasteiger partial charge in [0.05, 0.1) is 0 Å². The second kappa shape index (κ2) is 4.82. The number of halogens is 4. The Bertz CT molecular complexity index is 359. The summed E-state index contributed by atoms with van der Waals surface area (Å²) in [7, 11) is 0. The number of benzene rings is 1. The zero-order valence-corrected chi connectivity index (χ0v) is 8.81. The topological polar surface area (TPSA) is 26.0 Å². The average molecular weight is 235 g/mol. The highest BCUT2D eigenvalue weighted by Crippen LogP contribution is 2.28. The second-order valence-corrected chi connectivity index (χ2v) is 3.71. The molecule has 0 bridgehead atoms. The van der Waals surface area contributed by atoms with E-state index in [4.69, 9.17) is 5.73 Å². The second-order valence-electron chi connectivity index (χ2n) is 3.71. The van der Waals surface area contributed by atoms with Crippen molar-refractivity contribution < 1.29 is 17.6 Å². The lowest BCUT2D eigenvalue weighted by Crippen LogP contribution is -2.17. The number of hydrogen-bond acceptors (Lipinski definition) is 1. The van der Waals surface area contributed by atoms with Crippen LogP contribution in [0.2, 0.25) is 0 Å². The van der Waals surface area contributed by atoms with Crippen LogP contribution in [-0.4, -0.2) is 6.18 Å². The maximum absolute atomic E-state index is 13.1. The lowest BCUT2D eigenvalue weighted by Gasteiger charge is -2.16. The van der Waals surface area contributed by atoms with E-state index in [0.717, 1.165) is 0 Å². The van der Waals surface area contributed by atoms with Gasteiger partial charge in [-0.2, -0.15) is 13.2 Å². The Balaban J connectivity index is 2.73. The van der Waals surface area contributed by atoms with Crippen LogP contribution in [0.3, 0.4) is 0 Å². The number of alkyl halides is 3. The van der Waals surface area contributed by atoms with E-state index in [1.54, 1.807) is 6.07 Å². The van der Waals surface area contributed by atoms with Gasteiger partial charge in [0.25, 0.3) is 0 Å². The molecule has 0 spiro atoms. The van der Waals surface area contributed by atoms with Crippen LogP contribution in [0.25, 0.3) is 0 Å². The SMILES string of the molecule is Cc1c(F)cccc1[C@H](N)CCC(F)(F)F. The molecule has 0 aliphatic rings. The Hall–Kier alpha value is -1.10. The van der Waals surface area contributed by atoms with Crippen molar-refractivity contribution in [3.05, 3.63) is 35.1 Å². The Morgan fingerprint density at radius 3 is 2.50 bits per heavy atom. The van der Waals surface area contributed by atoms with E-state index in [9.17, 15) is 17.6 Å². The molecule has 2 N–H and O–H groups in total. The molecule has 5 heteroatoms. The summed E-state index contributed by atoms with van der Waals surface area (Å²) in [5, 5.41) is 0. The predicted octanol–water partition coefficient (Wildman–Crippen LogP) is 3.48. The van der Waals surface area contributed by atoms with Crippen LogP contribution < -0.4 is 5.73 Å². The van der Waals surface area contributed by atoms with Crippen molar-refractivity contribution in [2.24, 2.45) is 5.73 Å². The maximum atomic E-state index is 13.1. The number of nitrogens with two attached hydrogens (primary N) is 1. The van der Waals surface area contributed by atoms with Gasteiger partial charge in [-0.15, -0.1) is 0 Å². The minimum absolute atomic E-state index is 0.228. The van der Waals surface area contributed by atoms with Gasteiger partial charge in [0.15, 0.2) is 0 Å². The maximum Gasteiger partial charge on any atom is 0.389 e. The van der Waals surface area contributed by atoms with E-state index < -0.39 is 24.5 Å². The lowest BCUT2D eigenvalue weighted by molar-refractivity contribution is -0.136. The fraction of sp³-hybridized carbons (Fsp3) is 0.455. The third kappa shape index (κ3) is 3.48. The molecule has 0 fully saturated rings. The largest absolute Gasteiger partial charge is 0.389 e. The monoisotopic (exact) mass is 235 g/mol. The van der Waals surface area contributed by atoms with Gasteiger partial charge in [-0.1, -0.05) is 12.1 Å². The molecule has 0 aliphatic carbocycles. The van der Waals surface area contributed by atoms with Gasteiger partial charge in [-0.25, -0.2) is 4.39 Å². The smallest absolute Gasteiger partial charge is 0.324 e. The summed E-state index contributed by atoms with van der Waals surface area (Å²) in [6, 6.07) is 3.48. The standard InChI is InChI=1S/C11H13F4N/c1-7-8(3-2-4-9(7)12)10(16)5-6-11(13,14)15/h2-4,10H,5-6,16H2,1H3/t10-/m1/s1. The van der Waals surface area contributed by atoms with Gasteiger partial charge < -0.3 is 5.73 Å². The molecule has 1 aromatic rings. The van der Waals surface area contributed by atoms with E-state index in [2.05, 4.69) is 0 Å². The fourth-order valence-electron chi connectivity index (χ4n) is 1.50. The van der Waals surface area contributed by atoms with E-state index in [-0.39, 0.29) is 6.42 Å². The third-order valence-electron chi connectivity index (χ3n) is 2.45. The molecule has 0 saturated carbocycles. The minimum atomic E-state index is -4.22. The molecule has 16 heavy (non-hydrogen) atoms. The van der Waals surface area contributed by atoms with Crippen molar-refractivity contribution in [1.29, 1.82) is 0 Å². The molecule has 0 heterocycles. The molecule has 0 amide bonds. The van der Waals surface area contributed by atoms with Gasteiger partial charge in [-0.05, 0) is 30.5 Å². The third-order valence-corrected chi connectivity index (χ3v) is 2.45. The van der Waals surface area contributed by atoms with Gasteiger partial charge in [-0.3, -0.25) is 0 Å². The van der Waals surface area contributed by atoms with E-state index in [0.29, 0.717) is 11.1 Å². The van der Waals surface area contributed by atoms with Crippen molar-refractivity contribution in [2.45, 2.75) is 32.0 Å². The van der Waals surface area contributed by atoms with Crippen molar-refractivity contribution in [3.63, 3.8) is 0 Å². The first-order valence-corrected chi connectivity index (χ1v) is 4.88. The van der Waals surface area contributed by atoms with Crippen LogP contribution in [-0.2, 0) is 0 Å². The first-order valence-electron chi connectivity index (χ1n) is 4.88. The molecule has 0 aromatic heterocycles. The van der Waals surface area contributed by atoms with Crippen molar-refractivity contribution in [1.82, 2.24) is 0 Å². The summed E-state index contributed by atoms with van der Waals surface area (Å²) in [4.78, 5) is 0. The summed E-state index contributed by atoms with van der Waals surface area (Å²) in [5.41, 5.74) is 6.36. The van der Waals surface area contributed by atoms with Crippen molar-refractivity contribution in [3.8, 4) is 0 Å². The van der Waals surface area contributed by atoms with Crippen LogP contribution in [0.1, 0.15) is 30.0 Å². The first-order chi connectivity index (χ1) is 7.31. The minimum Gasteiger partial charge on any atom is -0.324 e. The number of rotatable bonds is 3. The predicted molar refractivity (Wildman–Crippen MR) is 53.4 cm³/mol. The molecule has 1 nitrogen and oxygen atoms in total. The summed E-state index contributed by atoms with van der Waals surface area (Å²) < 4.78 is 49.1. The fourth-order valence-corrected chi connectivity index (χ4v) is 1.50. The number of hydrogen-bond donors (Lipinski definition) is 1. The Morgan fingerprint density at radius 1 is 1.31 bits per heavy atom. The normalized spacial score (nSPS) is 13.9. The molecular weight excluding hydrogens is 222 g/mol. The van der Waals surface area contributed by atoms with Gasteiger partial charge in [0, 0.05) is 12.5 Å². The van der Waals surface area contributed by atoms with Crippen LogP contribution in [0, 0.1) is 12.7 Å². The highest BCUT2D eigenvalue weighted by molar-refractivity contribution is 5.29. The molecule has 90 valence electrons. The first kappa shape index (κ1) is 13.0. The average Bonchev–Trinajstić information content (AvgIpc) is 2.17. The zero-order chi connectivity index (χ0) is 12.3. The highest BCUT2D eigenvalue weighted by Gasteiger charge is 2.28. The molecule has 1 aromatic carbocycles. The van der Waals surface area contributed by atoms with Crippen LogP contribution in [0.5, 0.6) is 0 Å². The molecule has 0 aliphatic heterocycles. The van der Waals surface area contributed by atoms with E-state index in [1.807, 2.05) is 0 Å². The summed E-state index contributed by atoms with van der Waals surface area (Å²) in [6.07, 6.45) is -5.41. The summed E-state index contributed by atoms with van der Waals surface area (Å²) in [5.74, 6) is -0.444. The van der Waals surface area contributed by atoms with Crippen LogP contribution in [0.15, 0.2) is 18.2 Å². The Kier molecular flexibility index (Phi) is 3.91.